The number of halogens is 4. The highest BCUT2D eigenvalue weighted by molar-refractivity contribution is 8.18. The fourth-order valence-electron chi connectivity index (χ4n) is 2.02. The highest BCUT2D eigenvalue weighted by atomic mass is 35.5. The number of amides is 2. The standard InChI is InChI=1S/C15H7ClF3NO3S/c16-10-3-1-7(15(17,18)19)5-9(10)11-4-2-8(23-11)6-12-13(21)20-14(22)24-12/h1-6H,(H,20,21,22). The van der Waals surface area contributed by atoms with Crippen molar-refractivity contribution in [2.45, 2.75) is 6.18 Å². The van der Waals surface area contributed by atoms with Gasteiger partial charge in [0.25, 0.3) is 11.1 Å². The molecule has 4 nitrogen and oxygen atoms in total. The zero-order valence-electron chi connectivity index (χ0n) is 11.6. The molecule has 9 heteroatoms. The number of benzene rings is 1. The van der Waals surface area contributed by atoms with Crippen LogP contribution in [-0.4, -0.2) is 11.1 Å². The Bertz CT molecular complexity index is 873. The molecule has 0 spiro atoms. The first-order valence-corrected chi connectivity index (χ1v) is 7.65. The Morgan fingerprint density at radius 2 is 1.92 bits per heavy atom. The summed E-state index contributed by atoms with van der Waals surface area (Å²) in [7, 11) is 0. The van der Waals surface area contributed by atoms with Crippen LogP contribution in [0.5, 0.6) is 0 Å². The van der Waals surface area contributed by atoms with E-state index in [-0.39, 0.29) is 27.0 Å². The fourth-order valence-corrected chi connectivity index (χ4v) is 2.89. The van der Waals surface area contributed by atoms with Gasteiger partial charge >= 0.3 is 6.18 Å². The van der Waals surface area contributed by atoms with Gasteiger partial charge in [-0.05, 0) is 42.1 Å². The summed E-state index contributed by atoms with van der Waals surface area (Å²) in [5.74, 6) is -0.224. The first kappa shape index (κ1) is 16.7. The number of carbonyl (C=O) groups is 2. The molecule has 1 aromatic carbocycles. The molecule has 3 rings (SSSR count). The third-order valence-electron chi connectivity index (χ3n) is 3.10. The Kier molecular flexibility index (Phi) is 4.18. The Labute approximate surface area is 142 Å². The summed E-state index contributed by atoms with van der Waals surface area (Å²) in [4.78, 5) is 22.7. The molecule has 0 atom stereocenters. The minimum Gasteiger partial charge on any atom is -0.457 e. The van der Waals surface area contributed by atoms with E-state index in [1.54, 1.807) is 0 Å². The lowest BCUT2D eigenvalue weighted by Gasteiger charge is -2.09. The summed E-state index contributed by atoms with van der Waals surface area (Å²) in [6.45, 7) is 0. The third-order valence-corrected chi connectivity index (χ3v) is 4.24. The Balaban J connectivity index is 1.95. The van der Waals surface area contributed by atoms with Gasteiger partial charge in [-0.15, -0.1) is 0 Å². The lowest BCUT2D eigenvalue weighted by Crippen LogP contribution is -2.17. The summed E-state index contributed by atoms with van der Waals surface area (Å²) in [6.07, 6.45) is -3.18. The second-order valence-corrected chi connectivity index (χ2v) is 6.17. The molecule has 1 N–H and O–H groups in total. The van der Waals surface area contributed by atoms with Crippen LogP contribution in [0.15, 0.2) is 39.7 Å². The van der Waals surface area contributed by atoms with Crippen molar-refractivity contribution in [1.82, 2.24) is 5.32 Å². The van der Waals surface area contributed by atoms with Crippen molar-refractivity contribution in [1.29, 1.82) is 0 Å². The highest BCUT2D eigenvalue weighted by Crippen LogP contribution is 2.37. The molecule has 0 saturated carbocycles. The van der Waals surface area contributed by atoms with Gasteiger partial charge < -0.3 is 4.42 Å². The maximum absolute atomic E-state index is 12.8. The molecule has 1 saturated heterocycles. The predicted molar refractivity (Wildman–Crippen MR) is 83.3 cm³/mol. The number of nitrogens with one attached hydrogen (secondary N) is 1. The molecule has 1 aromatic heterocycles. The van der Waals surface area contributed by atoms with Gasteiger partial charge in [-0.25, -0.2) is 0 Å². The monoisotopic (exact) mass is 373 g/mol. The van der Waals surface area contributed by atoms with Crippen molar-refractivity contribution in [3.8, 4) is 11.3 Å². The molecule has 1 fully saturated rings. The molecule has 2 amide bonds. The number of imide groups is 1. The van der Waals surface area contributed by atoms with Crippen molar-refractivity contribution in [2.75, 3.05) is 0 Å². The molecular formula is C15H7ClF3NO3S. The van der Waals surface area contributed by atoms with Crippen LogP contribution in [0.2, 0.25) is 5.02 Å². The first-order chi connectivity index (χ1) is 11.2. The lowest BCUT2D eigenvalue weighted by molar-refractivity contribution is -0.137. The van der Waals surface area contributed by atoms with Crippen LogP contribution in [0.3, 0.4) is 0 Å². The topological polar surface area (TPSA) is 59.3 Å². The van der Waals surface area contributed by atoms with E-state index in [9.17, 15) is 22.8 Å². The maximum Gasteiger partial charge on any atom is 0.416 e. The van der Waals surface area contributed by atoms with E-state index in [0.29, 0.717) is 11.8 Å². The minimum atomic E-state index is -4.50. The number of furan rings is 1. The molecule has 0 radical (unpaired) electrons. The Hall–Kier alpha value is -2.19. The smallest absolute Gasteiger partial charge is 0.416 e. The zero-order valence-corrected chi connectivity index (χ0v) is 13.2. The summed E-state index contributed by atoms with van der Waals surface area (Å²) in [5.41, 5.74) is -0.773. The molecule has 1 aliphatic rings. The van der Waals surface area contributed by atoms with Gasteiger partial charge in [-0.2, -0.15) is 13.2 Å². The van der Waals surface area contributed by atoms with Gasteiger partial charge in [0, 0.05) is 11.6 Å². The molecule has 0 unspecified atom stereocenters. The second-order valence-electron chi connectivity index (χ2n) is 4.75. The zero-order chi connectivity index (χ0) is 17.5. The molecule has 2 heterocycles. The first-order valence-electron chi connectivity index (χ1n) is 6.46. The molecule has 0 aliphatic carbocycles. The van der Waals surface area contributed by atoms with Gasteiger partial charge in [0.05, 0.1) is 15.5 Å². The number of alkyl halides is 3. The van der Waals surface area contributed by atoms with Gasteiger partial charge in [0.1, 0.15) is 11.5 Å². The maximum atomic E-state index is 12.8. The van der Waals surface area contributed by atoms with Crippen LogP contribution >= 0.6 is 23.4 Å². The Morgan fingerprint density at radius 3 is 2.54 bits per heavy atom. The largest absolute Gasteiger partial charge is 0.457 e. The van der Waals surface area contributed by atoms with Crippen molar-refractivity contribution in [3.63, 3.8) is 0 Å². The van der Waals surface area contributed by atoms with E-state index >= 15 is 0 Å². The van der Waals surface area contributed by atoms with Crippen molar-refractivity contribution >= 4 is 40.6 Å². The summed E-state index contributed by atoms with van der Waals surface area (Å²) >= 11 is 6.66. The predicted octanol–water partition coefficient (Wildman–Crippen LogP) is 4.94. The van der Waals surface area contributed by atoms with Crippen LogP contribution in [0.1, 0.15) is 11.3 Å². The van der Waals surface area contributed by atoms with E-state index in [0.717, 1.165) is 18.2 Å². The lowest BCUT2D eigenvalue weighted by atomic mass is 10.1. The van der Waals surface area contributed by atoms with E-state index in [1.165, 1.54) is 18.2 Å². The van der Waals surface area contributed by atoms with Crippen LogP contribution in [0, 0.1) is 0 Å². The van der Waals surface area contributed by atoms with Crippen molar-refractivity contribution in [3.05, 3.63) is 51.6 Å². The molecule has 24 heavy (non-hydrogen) atoms. The Morgan fingerprint density at radius 1 is 1.17 bits per heavy atom. The average Bonchev–Trinajstić information content (AvgIpc) is 3.05. The van der Waals surface area contributed by atoms with Crippen molar-refractivity contribution < 1.29 is 27.2 Å². The van der Waals surface area contributed by atoms with Crippen molar-refractivity contribution in [2.24, 2.45) is 0 Å². The second kappa shape index (κ2) is 6.03. The summed E-state index contributed by atoms with van der Waals surface area (Å²) < 4.78 is 43.9. The molecule has 2 aromatic rings. The number of hydrogen-bond donors (Lipinski definition) is 1. The normalized spacial score (nSPS) is 16.8. The van der Waals surface area contributed by atoms with Crippen LogP contribution in [0.4, 0.5) is 18.0 Å². The summed E-state index contributed by atoms with van der Waals surface area (Å²) in [6, 6.07) is 5.81. The van der Waals surface area contributed by atoms with E-state index < -0.39 is 22.9 Å². The van der Waals surface area contributed by atoms with E-state index in [2.05, 4.69) is 5.32 Å². The van der Waals surface area contributed by atoms with Crippen LogP contribution < -0.4 is 5.32 Å². The number of carbonyl (C=O) groups excluding carboxylic acids is 2. The highest BCUT2D eigenvalue weighted by Gasteiger charge is 2.31. The van der Waals surface area contributed by atoms with Gasteiger partial charge in [-0.3, -0.25) is 14.9 Å². The quantitative estimate of drug-likeness (QED) is 0.757. The van der Waals surface area contributed by atoms with E-state index in [1.807, 2.05) is 0 Å². The van der Waals surface area contributed by atoms with Crippen LogP contribution in [-0.2, 0) is 11.0 Å². The third kappa shape index (κ3) is 3.34. The number of rotatable bonds is 2. The molecule has 1 aliphatic heterocycles. The SMILES string of the molecule is O=C1NC(=O)C(=Cc2ccc(-c3cc(C(F)(F)F)ccc3Cl)o2)S1. The molecule has 124 valence electrons. The van der Waals surface area contributed by atoms with Gasteiger partial charge in [-0.1, -0.05) is 11.6 Å². The van der Waals surface area contributed by atoms with E-state index in [4.69, 9.17) is 16.0 Å². The fraction of sp³-hybridized carbons (Fsp3) is 0.0667. The average molecular weight is 374 g/mol. The minimum absolute atomic E-state index is 0.0794. The van der Waals surface area contributed by atoms with Gasteiger partial charge in [0.15, 0.2) is 0 Å². The van der Waals surface area contributed by atoms with Crippen LogP contribution in [0.25, 0.3) is 17.4 Å². The van der Waals surface area contributed by atoms with Gasteiger partial charge in [0.2, 0.25) is 0 Å². The number of thioether (sulfide) groups is 1. The summed E-state index contributed by atoms with van der Waals surface area (Å²) in [5, 5.41) is 1.68. The molecular weight excluding hydrogens is 367 g/mol. The number of hydrogen-bond acceptors (Lipinski definition) is 4. The molecule has 0 bridgehead atoms.